The molecule has 0 heterocycles. The van der Waals surface area contributed by atoms with Crippen LogP contribution in [0.4, 0.5) is 0 Å². The summed E-state index contributed by atoms with van der Waals surface area (Å²) in [5.74, 6) is -1.80. The van der Waals surface area contributed by atoms with Gasteiger partial charge in [0.05, 0.1) is 12.0 Å². The van der Waals surface area contributed by atoms with Gasteiger partial charge in [0.2, 0.25) is 0 Å². The summed E-state index contributed by atoms with van der Waals surface area (Å²) in [7, 11) is 0. The van der Waals surface area contributed by atoms with Gasteiger partial charge in [0.15, 0.2) is 0 Å². The van der Waals surface area contributed by atoms with Crippen molar-refractivity contribution >= 4 is 11.9 Å². The molecule has 0 bridgehead atoms. The molecule has 1 amide bonds. The van der Waals surface area contributed by atoms with Crippen molar-refractivity contribution < 1.29 is 14.7 Å². The van der Waals surface area contributed by atoms with Crippen LogP contribution in [0.15, 0.2) is 30.3 Å². The van der Waals surface area contributed by atoms with Gasteiger partial charge >= 0.3 is 0 Å². The molecule has 0 fully saturated rings. The van der Waals surface area contributed by atoms with Crippen molar-refractivity contribution in [3.63, 3.8) is 0 Å². The maximum Gasteiger partial charge on any atom is 0.251 e. The number of carbonyl (C=O) groups excluding carboxylic acids is 2. The third-order valence-electron chi connectivity index (χ3n) is 2.79. The van der Waals surface area contributed by atoms with Gasteiger partial charge < -0.3 is 15.2 Å². The summed E-state index contributed by atoms with van der Waals surface area (Å²) in [6, 6.07) is 7.57. The van der Waals surface area contributed by atoms with Crippen LogP contribution in [0.1, 0.15) is 30.6 Å². The topological polar surface area (TPSA) is 69.2 Å². The van der Waals surface area contributed by atoms with Gasteiger partial charge in [-0.15, -0.1) is 0 Å². The maximum atomic E-state index is 11.8. The maximum absolute atomic E-state index is 11.8. The molecule has 1 aromatic carbocycles. The second kappa shape index (κ2) is 6.03. The number of carboxylic acid groups (broad SMARTS) is 1. The summed E-state index contributed by atoms with van der Waals surface area (Å²) in [5.41, 5.74) is 0.446. The van der Waals surface area contributed by atoms with Gasteiger partial charge in [-0.1, -0.05) is 38.5 Å². The van der Waals surface area contributed by atoms with E-state index < -0.39 is 12.0 Å². The fourth-order valence-electron chi connectivity index (χ4n) is 1.48. The number of carboxylic acids is 1. The van der Waals surface area contributed by atoms with Crippen LogP contribution in [-0.4, -0.2) is 17.9 Å². The lowest BCUT2D eigenvalue weighted by Gasteiger charge is -2.25. The summed E-state index contributed by atoms with van der Waals surface area (Å²) < 4.78 is 0. The molecule has 0 unspecified atom stereocenters. The molecular formula is C13H16NO3-. The normalized spacial score (nSPS) is 13.8. The van der Waals surface area contributed by atoms with Gasteiger partial charge in [0, 0.05) is 5.56 Å². The van der Waals surface area contributed by atoms with Crippen LogP contribution in [0.3, 0.4) is 0 Å². The van der Waals surface area contributed by atoms with E-state index in [2.05, 4.69) is 5.32 Å². The van der Waals surface area contributed by atoms with E-state index in [9.17, 15) is 14.7 Å². The van der Waals surface area contributed by atoms with Crippen LogP contribution >= 0.6 is 0 Å². The first-order valence-corrected chi connectivity index (χ1v) is 5.63. The molecule has 0 spiro atoms. The van der Waals surface area contributed by atoms with E-state index in [1.165, 1.54) is 0 Å². The summed E-state index contributed by atoms with van der Waals surface area (Å²) in [4.78, 5) is 22.7. The summed E-state index contributed by atoms with van der Waals surface area (Å²) in [5, 5.41) is 13.4. The van der Waals surface area contributed by atoms with Crippen LogP contribution in [0.25, 0.3) is 0 Å². The van der Waals surface area contributed by atoms with Crippen LogP contribution in [-0.2, 0) is 4.79 Å². The number of amides is 1. The van der Waals surface area contributed by atoms with Crippen molar-refractivity contribution in [3.05, 3.63) is 35.9 Å². The minimum Gasteiger partial charge on any atom is -0.548 e. The van der Waals surface area contributed by atoms with E-state index in [-0.39, 0.29) is 11.8 Å². The Morgan fingerprint density at radius 1 is 1.29 bits per heavy atom. The summed E-state index contributed by atoms with van der Waals surface area (Å²) in [6.07, 6.45) is 0.660. The number of aliphatic carboxylic acids is 1. The first kappa shape index (κ1) is 13.2. The SMILES string of the molecule is CC[C@H](C)[C@@H](NC(=O)c1ccccc1)C(=O)[O-]. The average Bonchev–Trinajstić information content (AvgIpc) is 2.35. The Morgan fingerprint density at radius 2 is 1.88 bits per heavy atom. The number of benzene rings is 1. The smallest absolute Gasteiger partial charge is 0.251 e. The highest BCUT2D eigenvalue weighted by atomic mass is 16.4. The molecule has 4 heteroatoms. The van der Waals surface area contributed by atoms with Crippen molar-refractivity contribution in [3.8, 4) is 0 Å². The molecule has 0 aliphatic rings. The highest BCUT2D eigenvalue weighted by Crippen LogP contribution is 2.08. The Morgan fingerprint density at radius 3 is 2.35 bits per heavy atom. The van der Waals surface area contributed by atoms with Crippen molar-refractivity contribution in [1.29, 1.82) is 0 Å². The molecular weight excluding hydrogens is 218 g/mol. The molecule has 17 heavy (non-hydrogen) atoms. The first-order valence-electron chi connectivity index (χ1n) is 5.63. The minimum absolute atomic E-state index is 0.160. The predicted molar refractivity (Wildman–Crippen MR) is 62.2 cm³/mol. The Kier molecular flexibility index (Phi) is 4.69. The van der Waals surface area contributed by atoms with Gasteiger partial charge in [0.25, 0.3) is 5.91 Å². The molecule has 2 atom stereocenters. The predicted octanol–water partition coefficient (Wildman–Crippen LogP) is 0.581. The fraction of sp³-hybridized carbons (Fsp3) is 0.385. The van der Waals surface area contributed by atoms with Crippen LogP contribution in [0.5, 0.6) is 0 Å². The Balaban J connectivity index is 2.75. The fourth-order valence-corrected chi connectivity index (χ4v) is 1.48. The molecule has 0 aromatic heterocycles. The van der Waals surface area contributed by atoms with Gasteiger partial charge in [-0.2, -0.15) is 0 Å². The van der Waals surface area contributed by atoms with E-state index in [0.717, 1.165) is 0 Å². The van der Waals surface area contributed by atoms with Gasteiger partial charge in [-0.3, -0.25) is 4.79 Å². The molecule has 0 aliphatic heterocycles. The van der Waals surface area contributed by atoms with Gasteiger partial charge in [-0.05, 0) is 18.1 Å². The molecule has 1 rings (SSSR count). The lowest BCUT2D eigenvalue weighted by Crippen LogP contribution is -2.51. The number of hydrogen-bond donors (Lipinski definition) is 1. The highest BCUT2D eigenvalue weighted by molar-refractivity contribution is 5.96. The third kappa shape index (κ3) is 3.59. The molecule has 92 valence electrons. The molecule has 1 N–H and O–H groups in total. The van der Waals surface area contributed by atoms with Crippen molar-refractivity contribution in [2.24, 2.45) is 5.92 Å². The van der Waals surface area contributed by atoms with Crippen LogP contribution < -0.4 is 10.4 Å². The number of nitrogens with one attached hydrogen (secondary N) is 1. The zero-order valence-electron chi connectivity index (χ0n) is 9.97. The number of hydrogen-bond acceptors (Lipinski definition) is 3. The monoisotopic (exact) mass is 234 g/mol. The highest BCUT2D eigenvalue weighted by Gasteiger charge is 2.19. The van der Waals surface area contributed by atoms with E-state index in [1.807, 2.05) is 6.92 Å². The summed E-state index contributed by atoms with van der Waals surface area (Å²) in [6.45, 7) is 3.64. The Hall–Kier alpha value is -1.84. The zero-order valence-corrected chi connectivity index (χ0v) is 9.97. The van der Waals surface area contributed by atoms with Crippen molar-refractivity contribution in [2.75, 3.05) is 0 Å². The molecule has 0 radical (unpaired) electrons. The van der Waals surface area contributed by atoms with Gasteiger partial charge in [0.1, 0.15) is 0 Å². The lowest BCUT2D eigenvalue weighted by molar-refractivity contribution is -0.309. The third-order valence-corrected chi connectivity index (χ3v) is 2.79. The standard InChI is InChI=1S/C13H17NO3/c1-3-9(2)11(13(16)17)14-12(15)10-7-5-4-6-8-10/h4-9,11H,3H2,1-2H3,(H,14,15)(H,16,17)/p-1/t9-,11+/m0/s1. The second-order valence-corrected chi connectivity index (χ2v) is 4.02. The van der Waals surface area contributed by atoms with E-state index in [4.69, 9.17) is 0 Å². The number of carbonyl (C=O) groups is 2. The molecule has 1 aromatic rings. The molecule has 0 aliphatic carbocycles. The van der Waals surface area contributed by atoms with Crippen LogP contribution in [0, 0.1) is 5.92 Å². The van der Waals surface area contributed by atoms with Crippen molar-refractivity contribution in [1.82, 2.24) is 5.32 Å². The van der Waals surface area contributed by atoms with Crippen molar-refractivity contribution in [2.45, 2.75) is 26.3 Å². The summed E-state index contributed by atoms with van der Waals surface area (Å²) >= 11 is 0. The average molecular weight is 234 g/mol. The quantitative estimate of drug-likeness (QED) is 0.810. The van der Waals surface area contributed by atoms with Gasteiger partial charge in [-0.25, -0.2) is 0 Å². The minimum atomic E-state index is -1.25. The second-order valence-electron chi connectivity index (χ2n) is 4.02. The molecule has 0 saturated heterocycles. The molecule has 0 saturated carbocycles. The zero-order chi connectivity index (χ0) is 12.8. The van der Waals surface area contributed by atoms with Crippen LogP contribution in [0.2, 0.25) is 0 Å². The lowest BCUT2D eigenvalue weighted by atomic mass is 9.99. The largest absolute Gasteiger partial charge is 0.548 e. The van der Waals surface area contributed by atoms with E-state index >= 15 is 0 Å². The number of rotatable bonds is 5. The first-order chi connectivity index (χ1) is 8.06. The Bertz CT molecular complexity index is 389. The molecule has 4 nitrogen and oxygen atoms in total. The van der Waals surface area contributed by atoms with E-state index in [1.54, 1.807) is 37.3 Å². The Labute approximate surface area is 101 Å². The van der Waals surface area contributed by atoms with E-state index in [0.29, 0.717) is 12.0 Å².